The Morgan fingerprint density at radius 2 is 1.77 bits per heavy atom. The van der Waals surface area contributed by atoms with E-state index >= 15 is 0 Å². The van der Waals surface area contributed by atoms with Gasteiger partial charge >= 0.3 is 11.9 Å². The number of aromatic nitrogens is 3. The van der Waals surface area contributed by atoms with Gasteiger partial charge in [0.05, 0.1) is 32.1 Å². The number of ether oxygens (including phenoxy) is 3. The molecule has 3 heterocycles. The van der Waals surface area contributed by atoms with Crippen LogP contribution in [-0.2, 0) is 23.8 Å². The first-order valence-corrected chi connectivity index (χ1v) is 9.19. The van der Waals surface area contributed by atoms with Crippen LogP contribution in [0.2, 0.25) is 0 Å². The minimum atomic E-state index is -0.635. The zero-order valence-electron chi connectivity index (χ0n) is 16.8. The van der Waals surface area contributed by atoms with Crippen molar-refractivity contribution in [3.05, 3.63) is 59.7 Å². The molecule has 4 rings (SSSR count). The summed E-state index contributed by atoms with van der Waals surface area (Å²) in [7, 11) is 2.52. The number of imidazole rings is 1. The number of hydrogen-bond donors (Lipinski definition) is 0. The molecule has 0 atom stereocenters. The third-order valence-electron chi connectivity index (χ3n) is 4.77. The number of fused-ring (bicyclic) bond motifs is 1. The summed E-state index contributed by atoms with van der Waals surface area (Å²) in [5, 5.41) is 0. The summed E-state index contributed by atoms with van der Waals surface area (Å²) in [4.78, 5) is 35.1. The van der Waals surface area contributed by atoms with Crippen LogP contribution in [0.5, 0.6) is 0 Å². The summed E-state index contributed by atoms with van der Waals surface area (Å²) in [5.41, 5.74) is 3.43. The summed E-state index contributed by atoms with van der Waals surface area (Å²) in [6, 6.07) is 9.32. The number of anilines is 1. The van der Waals surface area contributed by atoms with Gasteiger partial charge in [-0.05, 0) is 25.1 Å². The van der Waals surface area contributed by atoms with Gasteiger partial charge < -0.3 is 19.1 Å². The monoisotopic (exact) mass is 408 g/mol. The van der Waals surface area contributed by atoms with E-state index in [0.717, 1.165) is 17.0 Å². The van der Waals surface area contributed by atoms with Crippen LogP contribution in [0.15, 0.2) is 54.0 Å². The Labute approximate surface area is 172 Å². The van der Waals surface area contributed by atoms with E-state index in [1.807, 2.05) is 54.0 Å². The molecule has 0 bridgehead atoms. The van der Waals surface area contributed by atoms with Crippen LogP contribution in [0.3, 0.4) is 0 Å². The van der Waals surface area contributed by atoms with Crippen molar-refractivity contribution in [3.8, 4) is 11.3 Å². The smallest absolute Gasteiger partial charge is 0.355 e. The fourth-order valence-corrected chi connectivity index (χ4v) is 3.26. The number of benzene rings is 1. The highest BCUT2D eigenvalue weighted by atomic mass is 16.5. The molecule has 1 aliphatic heterocycles. The largest absolute Gasteiger partial charge is 0.466 e. The molecule has 0 saturated carbocycles. The summed E-state index contributed by atoms with van der Waals surface area (Å²) in [6.45, 7) is 1.99. The van der Waals surface area contributed by atoms with Crippen molar-refractivity contribution in [1.82, 2.24) is 14.4 Å². The maximum Gasteiger partial charge on any atom is 0.355 e. The van der Waals surface area contributed by atoms with Crippen LogP contribution in [0.25, 0.3) is 17.0 Å². The zero-order valence-corrected chi connectivity index (χ0v) is 16.8. The molecule has 3 aromatic rings. The van der Waals surface area contributed by atoms with Crippen molar-refractivity contribution in [2.24, 2.45) is 0 Å². The summed E-state index contributed by atoms with van der Waals surface area (Å²) < 4.78 is 17.0. The van der Waals surface area contributed by atoms with Crippen molar-refractivity contribution in [2.45, 2.75) is 6.92 Å². The minimum Gasteiger partial charge on any atom is -0.466 e. The highest BCUT2D eigenvalue weighted by Crippen LogP contribution is 2.29. The zero-order chi connectivity index (χ0) is 21.3. The van der Waals surface area contributed by atoms with Crippen molar-refractivity contribution in [3.63, 3.8) is 0 Å². The van der Waals surface area contributed by atoms with E-state index in [1.54, 1.807) is 4.90 Å². The molecular weight excluding hydrogens is 388 g/mol. The second kappa shape index (κ2) is 7.96. The molecule has 30 heavy (non-hydrogen) atoms. The maximum absolute atomic E-state index is 12.4. The van der Waals surface area contributed by atoms with Crippen molar-refractivity contribution < 1.29 is 23.8 Å². The van der Waals surface area contributed by atoms with Crippen molar-refractivity contribution >= 4 is 23.4 Å². The molecule has 0 spiro atoms. The number of hydrogen-bond acceptors (Lipinski definition) is 8. The van der Waals surface area contributed by atoms with Gasteiger partial charge in [0, 0.05) is 29.3 Å². The van der Waals surface area contributed by atoms with Gasteiger partial charge in [0.2, 0.25) is 5.78 Å². The normalized spacial score (nSPS) is 14.2. The lowest BCUT2D eigenvalue weighted by Crippen LogP contribution is -2.38. The molecular formula is C21H20N4O5. The fraction of sp³-hybridized carbons (Fsp3) is 0.238. The predicted octanol–water partition coefficient (Wildman–Crippen LogP) is 2.10. The molecule has 0 unspecified atom stereocenters. The summed E-state index contributed by atoms with van der Waals surface area (Å²) in [6.07, 6.45) is 3.81. The Bertz CT molecular complexity index is 1150. The second-order valence-corrected chi connectivity index (χ2v) is 6.67. The second-order valence-electron chi connectivity index (χ2n) is 6.67. The number of carbonyl (C=O) groups is 2. The van der Waals surface area contributed by atoms with Crippen LogP contribution >= 0.6 is 0 Å². The van der Waals surface area contributed by atoms with Crippen molar-refractivity contribution in [1.29, 1.82) is 0 Å². The molecule has 0 aliphatic carbocycles. The highest BCUT2D eigenvalue weighted by molar-refractivity contribution is 6.03. The Morgan fingerprint density at radius 1 is 1.03 bits per heavy atom. The first kappa shape index (κ1) is 19.6. The Balaban J connectivity index is 1.69. The van der Waals surface area contributed by atoms with Crippen LogP contribution in [0.1, 0.15) is 5.69 Å². The number of aryl methyl sites for hydroxylation is 1. The highest BCUT2D eigenvalue weighted by Gasteiger charge is 2.32. The molecule has 1 aromatic carbocycles. The predicted molar refractivity (Wildman–Crippen MR) is 108 cm³/mol. The van der Waals surface area contributed by atoms with Crippen LogP contribution < -0.4 is 4.90 Å². The van der Waals surface area contributed by atoms with E-state index in [0.29, 0.717) is 11.5 Å². The summed E-state index contributed by atoms with van der Waals surface area (Å²) in [5.74, 6) is -0.647. The van der Waals surface area contributed by atoms with Gasteiger partial charge in [-0.2, -0.15) is 0 Å². The topological polar surface area (TPSA) is 95.3 Å². The van der Waals surface area contributed by atoms with E-state index < -0.39 is 11.9 Å². The molecule has 0 radical (unpaired) electrons. The third-order valence-corrected chi connectivity index (χ3v) is 4.77. The Morgan fingerprint density at radius 3 is 2.47 bits per heavy atom. The SMILES string of the molecule is COC(=O)C1=C(C(=O)OC)N(c2ccc(-c3cn4ccc(C)nc4n3)cc2)COC1. The number of methoxy groups -OCH3 is 2. The Hall–Kier alpha value is -3.72. The standard InChI is InChI=1S/C21H20N4O5/c1-13-8-9-24-10-17(23-21(24)22-13)14-4-6-15(7-5-14)25-12-30-11-16(19(26)28-2)18(25)20(27)29-3/h4-10H,11-12H2,1-3H3. The number of esters is 2. The molecule has 0 fully saturated rings. The lowest BCUT2D eigenvalue weighted by molar-refractivity contribution is -0.140. The molecule has 2 aromatic heterocycles. The quantitative estimate of drug-likeness (QED) is 0.606. The van der Waals surface area contributed by atoms with E-state index in [4.69, 9.17) is 14.2 Å². The van der Waals surface area contributed by atoms with E-state index in [1.165, 1.54) is 14.2 Å². The molecule has 9 nitrogen and oxygen atoms in total. The van der Waals surface area contributed by atoms with Gasteiger partial charge in [0.25, 0.3) is 0 Å². The number of nitrogens with zero attached hydrogens (tertiary/aromatic N) is 4. The molecule has 154 valence electrons. The minimum absolute atomic E-state index is 0.0284. The number of carbonyl (C=O) groups excluding carboxylic acids is 2. The average Bonchev–Trinajstić information content (AvgIpc) is 3.20. The van der Waals surface area contributed by atoms with Crippen LogP contribution in [-0.4, -0.2) is 53.9 Å². The first-order chi connectivity index (χ1) is 14.5. The van der Waals surface area contributed by atoms with Gasteiger partial charge in [0.1, 0.15) is 12.4 Å². The van der Waals surface area contributed by atoms with E-state index in [9.17, 15) is 9.59 Å². The third kappa shape index (κ3) is 3.50. The lowest BCUT2D eigenvalue weighted by atomic mass is 10.1. The Kier molecular flexibility index (Phi) is 5.20. The summed E-state index contributed by atoms with van der Waals surface area (Å²) >= 11 is 0. The average molecular weight is 408 g/mol. The van der Waals surface area contributed by atoms with Crippen molar-refractivity contribution in [2.75, 3.05) is 32.5 Å². The van der Waals surface area contributed by atoms with Gasteiger partial charge in [0.15, 0.2) is 0 Å². The van der Waals surface area contributed by atoms with Gasteiger partial charge in [-0.1, -0.05) is 12.1 Å². The molecule has 1 aliphatic rings. The maximum atomic E-state index is 12.4. The van der Waals surface area contributed by atoms with Gasteiger partial charge in [-0.25, -0.2) is 19.6 Å². The first-order valence-electron chi connectivity index (χ1n) is 9.19. The van der Waals surface area contributed by atoms with Crippen LogP contribution in [0.4, 0.5) is 5.69 Å². The molecule has 0 saturated heterocycles. The molecule has 0 N–H and O–H groups in total. The molecule has 9 heteroatoms. The van der Waals surface area contributed by atoms with Gasteiger partial charge in [-0.15, -0.1) is 0 Å². The number of rotatable bonds is 4. The van der Waals surface area contributed by atoms with E-state index in [2.05, 4.69) is 9.97 Å². The van der Waals surface area contributed by atoms with Crippen LogP contribution in [0, 0.1) is 6.92 Å². The fourth-order valence-electron chi connectivity index (χ4n) is 3.26. The molecule has 0 amide bonds. The lowest BCUT2D eigenvalue weighted by Gasteiger charge is -2.31. The van der Waals surface area contributed by atoms with E-state index in [-0.39, 0.29) is 24.6 Å². The van der Waals surface area contributed by atoms with Gasteiger partial charge in [-0.3, -0.25) is 4.40 Å².